The molecular formula is C20H15N5O4. The van der Waals surface area contributed by atoms with Crippen LogP contribution in [0.2, 0.25) is 0 Å². The number of ether oxygens (including phenoxy) is 2. The van der Waals surface area contributed by atoms with Gasteiger partial charge in [-0.1, -0.05) is 23.4 Å². The van der Waals surface area contributed by atoms with Crippen LogP contribution in [0.5, 0.6) is 11.5 Å². The van der Waals surface area contributed by atoms with Gasteiger partial charge in [-0.3, -0.25) is 4.79 Å². The molecule has 1 N–H and O–H groups in total. The molecule has 3 heterocycles. The molecule has 1 aliphatic heterocycles. The number of carbonyl (C=O) groups is 1. The molecule has 1 aliphatic rings. The predicted molar refractivity (Wildman–Crippen MR) is 102 cm³/mol. The Bertz CT molecular complexity index is 1170. The van der Waals surface area contributed by atoms with Gasteiger partial charge in [-0.2, -0.15) is 4.98 Å². The number of amides is 1. The lowest BCUT2D eigenvalue weighted by molar-refractivity contribution is -0.116. The third-order valence-corrected chi connectivity index (χ3v) is 4.29. The van der Waals surface area contributed by atoms with Crippen LogP contribution in [-0.2, 0) is 11.3 Å². The zero-order chi connectivity index (χ0) is 19.6. The number of hydrogen-bond acceptors (Lipinski definition) is 7. The Morgan fingerprint density at radius 3 is 2.86 bits per heavy atom. The minimum Gasteiger partial charge on any atom is -0.454 e. The Kier molecular flexibility index (Phi) is 4.17. The highest BCUT2D eigenvalue weighted by molar-refractivity contribution is 5.91. The van der Waals surface area contributed by atoms with Gasteiger partial charge in [0.1, 0.15) is 12.2 Å². The van der Waals surface area contributed by atoms with Crippen LogP contribution in [0.15, 0.2) is 65.6 Å². The van der Waals surface area contributed by atoms with Crippen molar-refractivity contribution in [2.24, 2.45) is 0 Å². The average Bonchev–Trinajstić information content (AvgIpc) is 3.48. The van der Waals surface area contributed by atoms with E-state index >= 15 is 0 Å². The molecule has 0 radical (unpaired) electrons. The smallest absolute Gasteiger partial charge is 0.258 e. The molecule has 0 saturated carbocycles. The summed E-state index contributed by atoms with van der Waals surface area (Å²) >= 11 is 0. The summed E-state index contributed by atoms with van der Waals surface area (Å²) in [6.07, 6.45) is 3.24. The number of fused-ring (bicyclic) bond motifs is 1. The summed E-state index contributed by atoms with van der Waals surface area (Å²) in [6, 6.07) is 14.7. The fraction of sp³-hybridized carbons (Fsp3) is 0.100. The number of carbonyl (C=O) groups excluding carboxylic acids is 1. The van der Waals surface area contributed by atoms with Gasteiger partial charge in [0, 0.05) is 23.5 Å². The van der Waals surface area contributed by atoms with Crippen LogP contribution in [0.1, 0.15) is 0 Å². The minimum atomic E-state index is -0.203. The van der Waals surface area contributed by atoms with Crippen LogP contribution in [-0.4, -0.2) is 32.4 Å². The first-order valence-corrected chi connectivity index (χ1v) is 8.85. The third-order valence-electron chi connectivity index (χ3n) is 4.29. The fourth-order valence-electron chi connectivity index (χ4n) is 2.93. The monoisotopic (exact) mass is 389 g/mol. The number of aromatic nitrogens is 4. The summed E-state index contributed by atoms with van der Waals surface area (Å²) in [5.74, 6) is 1.84. The number of imidazole rings is 1. The van der Waals surface area contributed by atoms with Crippen molar-refractivity contribution in [1.82, 2.24) is 19.7 Å². The summed E-state index contributed by atoms with van der Waals surface area (Å²) < 4.78 is 17.5. The standard InChI is InChI=1S/C20H15N5O4/c26-18(22-14-6-7-16-17(8-14)28-12-27-16)10-25-9-15(21-11-25)19-23-20(29-24-19)13-4-2-1-3-5-13/h1-9,11H,10,12H2,(H,22,26). The van der Waals surface area contributed by atoms with E-state index in [0.717, 1.165) is 5.56 Å². The van der Waals surface area contributed by atoms with Gasteiger partial charge in [0.2, 0.25) is 18.5 Å². The summed E-state index contributed by atoms with van der Waals surface area (Å²) in [5.41, 5.74) is 1.98. The maximum absolute atomic E-state index is 12.3. The molecule has 1 amide bonds. The van der Waals surface area contributed by atoms with Crippen LogP contribution in [0, 0.1) is 0 Å². The van der Waals surface area contributed by atoms with Crippen molar-refractivity contribution in [3.05, 3.63) is 61.1 Å². The molecule has 0 bridgehead atoms. The highest BCUT2D eigenvalue weighted by Crippen LogP contribution is 2.34. The highest BCUT2D eigenvalue weighted by atomic mass is 16.7. The molecular weight excluding hydrogens is 374 g/mol. The van der Waals surface area contributed by atoms with Gasteiger partial charge in [-0.25, -0.2) is 4.98 Å². The molecule has 5 rings (SSSR count). The van der Waals surface area contributed by atoms with Crippen molar-refractivity contribution in [2.45, 2.75) is 6.54 Å². The molecule has 0 spiro atoms. The first-order valence-electron chi connectivity index (χ1n) is 8.85. The molecule has 9 heteroatoms. The lowest BCUT2D eigenvalue weighted by Crippen LogP contribution is -2.17. The Hall–Kier alpha value is -4.14. The van der Waals surface area contributed by atoms with E-state index in [9.17, 15) is 4.79 Å². The molecule has 2 aromatic carbocycles. The topological polar surface area (TPSA) is 104 Å². The molecule has 0 atom stereocenters. The number of nitrogens with one attached hydrogen (secondary N) is 1. The van der Waals surface area contributed by atoms with Crippen LogP contribution in [0.25, 0.3) is 23.0 Å². The fourth-order valence-corrected chi connectivity index (χ4v) is 2.93. The summed E-state index contributed by atoms with van der Waals surface area (Å²) in [4.78, 5) is 21.0. The highest BCUT2D eigenvalue weighted by Gasteiger charge is 2.16. The zero-order valence-electron chi connectivity index (χ0n) is 15.1. The van der Waals surface area contributed by atoms with E-state index < -0.39 is 0 Å². The zero-order valence-corrected chi connectivity index (χ0v) is 15.1. The second-order valence-electron chi connectivity index (χ2n) is 6.34. The number of nitrogens with zero attached hydrogens (tertiary/aromatic N) is 4. The number of benzene rings is 2. The van der Waals surface area contributed by atoms with Gasteiger partial charge in [0.05, 0.1) is 6.33 Å². The van der Waals surface area contributed by atoms with E-state index in [1.165, 1.54) is 0 Å². The first kappa shape index (κ1) is 17.0. The SMILES string of the molecule is O=C(Cn1cnc(-c2noc(-c3ccccc3)n2)c1)Nc1ccc2c(c1)OCO2. The number of hydrogen-bond donors (Lipinski definition) is 1. The Balaban J connectivity index is 1.26. The first-order chi connectivity index (χ1) is 14.2. The van der Waals surface area contributed by atoms with Gasteiger partial charge in [-0.05, 0) is 24.3 Å². The van der Waals surface area contributed by atoms with Gasteiger partial charge in [-0.15, -0.1) is 0 Å². The summed E-state index contributed by atoms with van der Waals surface area (Å²) in [5, 5.41) is 6.79. The molecule has 29 heavy (non-hydrogen) atoms. The van der Waals surface area contributed by atoms with Crippen LogP contribution in [0.4, 0.5) is 5.69 Å². The Morgan fingerprint density at radius 1 is 1.10 bits per heavy atom. The maximum Gasteiger partial charge on any atom is 0.258 e. The van der Waals surface area contributed by atoms with Crippen LogP contribution in [0.3, 0.4) is 0 Å². The van der Waals surface area contributed by atoms with E-state index in [2.05, 4.69) is 20.4 Å². The minimum absolute atomic E-state index is 0.0881. The van der Waals surface area contributed by atoms with E-state index in [0.29, 0.717) is 34.6 Å². The molecule has 144 valence electrons. The molecule has 2 aromatic heterocycles. The predicted octanol–water partition coefficient (Wildman–Crippen LogP) is 2.97. The van der Waals surface area contributed by atoms with E-state index in [4.69, 9.17) is 14.0 Å². The Labute approximate surface area is 164 Å². The van der Waals surface area contributed by atoms with Crippen molar-refractivity contribution in [3.8, 4) is 34.5 Å². The Morgan fingerprint density at radius 2 is 1.97 bits per heavy atom. The molecule has 0 aliphatic carbocycles. The number of anilines is 1. The van der Waals surface area contributed by atoms with Crippen LogP contribution < -0.4 is 14.8 Å². The largest absolute Gasteiger partial charge is 0.454 e. The van der Waals surface area contributed by atoms with E-state index in [1.54, 1.807) is 35.3 Å². The normalized spacial score (nSPS) is 12.1. The van der Waals surface area contributed by atoms with Crippen molar-refractivity contribution in [1.29, 1.82) is 0 Å². The van der Waals surface area contributed by atoms with Crippen molar-refractivity contribution in [3.63, 3.8) is 0 Å². The van der Waals surface area contributed by atoms with Gasteiger partial charge >= 0.3 is 0 Å². The third kappa shape index (κ3) is 3.53. The second kappa shape index (κ2) is 7.12. The quantitative estimate of drug-likeness (QED) is 0.559. The van der Waals surface area contributed by atoms with Crippen molar-refractivity contribution >= 4 is 11.6 Å². The van der Waals surface area contributed by atoms with E-state index in [1.807, 2.05) is 30.3 Å². The lowest BCUT2D eigenvalue weighted by atomic mass is 10.2. The van der Waals surface area contributed by atoms with Crippen LogP contribution >= 0.6 is 0 Å². The summed E-state index contributed by atoms with van der Waals surface area (Å²) in [7, 11) is 0. The van der Waals surface area contributed by atoms with Gasteiger partial charge < -0.3 is 23.9 Å². The molecule has 4 aromatic rings. The molecule has 0 fully saturated rings. The van der Waals surface area contributed by atoms with Gasteiger partial charge in [0.25, 0.3) is 5.89 Å². The van der Waals surface area contributed by atoms with Gasteiger partial charge in [0.15, 0.2) is 11.5 Å². The average molecular weight is 389 g/mol. The molecule has 0 unspecified atom stereocenters. The molecule has 0 saturated heterocycles. The maximum atomic E-state index is 12.3. The lowest BCUT2D eigenvalue weighted by Gasteiger charge is -2.06. The second-order valence-corrected chi connectivity index (χ2v) is 6.34. The number of rotatable bonds is 5. The molecule has 9 nitrogen and oxygen atoms in total. The van der Waals surface area contributed by atoms with Crippen molar-refractivity contribution in [2.75, 3.05) is 12.1 Å². The summed E-state index contributed by atoms with van der Waals surface area (Å²) in [6.45, 7) is 0.275. The van der Waals surface area contributed by atoms with E-state index in [-0.39, 0.29) is 19.2 Å². The van der Waals surface area contributed by atoms with Crippen molar-refractivity contribution < 1.29 is 18.8 Å².